The number of hydrogen-bond donors (Lipinski definition) is 2. The van der Waals surface area contributed by atoms with Gasteiger partial charge < -0.3 is 20.0 Å². The molecule has 0 saturated carbocycles. The van der Waals surface area contributed by atoms with E-state index < -0.39 is 0 Å². The molecule has 2 heterocycles. The molecule has 1 unspecified atom stereocenters. The van der Waals surface area contributed by atoms with Crippen LogP contribution in [0, 0.1) is 11.8 Å². The normalized spacial score (nSPS) is 16.5. The van der Waals surface area contributed by atoms with E-state index in [2.05, 4.69) is 15.6 Å². The molecule has 0 spiro atoms. The fourth-order valence-corrected chi connectivity index (χ4v) is 2.32. The summed E-state index contributed by atoms with van der Waals surface area (Å²) >= 11 is 0. The Labute approximate surface area is 123 Å². The van der Waals surface area contributed by atoms with Crippen molar-refractivity contribution in [3.63, 3.8) is 0 Å². The minimum Gasteiger partial charge on any atom is -0.423 e. The third kappa shape index (κ3) is 2.71. The Morgan fingerprint density at radius 1 is 1.48 bits per heavy atom. The molecule has 6 heteroatoms. The number of nitrogens with one attached hydrogen (secondary N) is 2. The molecular weight excluding hydrogens is 268 g/mol. The lowest BCUT2D eigenvalue weighted by molar-refractivity contribution is -0.121. The number of fused-ring (bicyclic) bond motifs is 1. The monoisotopic (exact) mass is 288 g/mol. The van der Waals surface area contributed by atoms with Gasteiger partial charge >= 0.3 is 0 Å². The molecule has 1 saturated heterocycles. The highest BCUT2D eigenvalue weighted by molar-refractivity contribution is 5.94. The molecule has 1 amide bonds. The largest absolute Gasteiger partial charge is 0.423 e. The molecule has 3 rings (SSSR count). The maximum atomic E-state index is 12.2. The van der Waals surface area contributed by atoms with E-state index in [1.807, 2.05) is 44.1 Å². The van der Waals surface area contributed by atoms with Gasteiger partial charge in [0.25, 0.3) is 6.01 Å². The molecule has 1 aliphatic heterocycles. The van der Waals surface area contributed by atoms with Gasteiger partial charge in [0.05, 0.1) is 0 Å². The summed E-state index contributed by atoms with van der Waals surface area (Å²) in [7, 11) is 3.75. The molecule has 0 radical (unpaired) electrons. The minimum atomic E-state index is 0.0107. The first-order valence-corrected chi connectivity index (χ1v) is 7.14. The predicted octanol–water partition coefficient (Wildman–Crippen LogP) is 1.69. The van der Waals surface area contributed by atoms with Crippen LogP contribution in [0.4, 0.5) is 11.7 Å². The van der Waals surface area contributed by atoms with Gasteiger partial charge in [0.15, 0.2) is 5.58 Å². The van der Waals surface area contributed by atoms with E-state index in [0.29, 0.717) is 17.5 Å². The van der Waals surface area contributed by atoms with Crippen LogP contribution in [0.25, 0.3) is 11.1 Å². The number of rotatable bonds is 4. The van der Waals surface area contributed by atoms with Crippen LogP contribution in [-0.2, 0) is 4.79 Å². The maximum absolute atomic E-state index is 12.2. The fraction of sp³-hybridized carbons (Fsp3) is 0.467. The van der Waals surface area contributed by atoms with E-state index in [9.17, 15) is 4.79 Å². The van der Waals surface area contributed by atoms with Gasteiger partial charge in [0.2, 0.25) is 5.91 Å². The first kappa shape index (κ1) is 13.9. The van der Waals surface area contributed by atoms with Crippen LogP contribution in [-0.4, -0.2) is 38.1 Å². The number of amides is 1. The number of anilines is 2. The van der Waals surface area contributed by atoms with Crippen LogP contribution >= 0.6 is 0 Å². The summed E-state index contributed by atoms with van der Waals surface area (Å²) in [5.41, 5.74) is 2.22. The van der Waals surface area contributed by atoms with Gasteiger partial charge in [-0.2, -0.15) is 4.98 Å². The average molecular weight is 288 g/mol. The van der Waals surface area contributed by atoms with Crippen molar-refractivity contribution in [2.45, 2.75) is 6.92 Å². The van der Waals surface area contributed by atoms with Gasteiger partial charge in [0.1, 0.15) is 5.52 Å². The van der Waals surface area contributed by atoms with E-state index in [-0.39, 0.29) is 11.8 Å². The molecule has 1 fully saturated rings. The van der Waals surface area contributed by atoms with E-state index in [1.54, 1.807) is 0 Å². The fourth-order valence-electron chi connectivity index (χ4n) is 2.32. The first-order valence-electron chi connectivity index (χ1n) is 7.14. The van der Waals surface area contributed by atoms with E-state index in [4.69, 9.17) is 4.42 Å². The van der Waals surface area contributed by atoms with Gasteiger partial charge in [-0.25, -0.2) is 0 Å². The minimum absolute atomic E-state index is 0.0107. The van der Waals surface area contributed by atoms with Crippen LogP contribution in [0.1, 0.15) is 6.92 Å². The van der Waals surface area contributed by atoms with Crippen LogP contribution in [0.3, 0.4) is 0 Å². The van der Waals surface area contributed by atoms with Crippen molar-refractivity contribution in [2.24, 2.45) is 11.8 Å². The van der Waals surface area contributed by atoms with E-state index >= 15 is 0 Å². The Morgan fingerprint density at radius 3 is 2.86 bits per heavy atom. The van der Waals surface area contributed by atoms with Gasteiger partial charge in [-0.05, 0) is 37.2 Å². The molecule has 6 nitrogen and oxygen atoms in total. The molecular formula is C15H20N4O2. The van der Waals surface area contributed by atoms with Crippen LogP contribution < -0.4 is 15.5 Å². The zero-order chi connectivity index (χ0) is 15.0. The van der Waals surface area contributed by atoms with Gasteiger partial charge in [-0.3, -0.25) is 4.79 Å². The SMILES string of the molecule is CC(C(=O)Nc1ccc2oc(N(C)C)nc2c1)C1CNC1. The van der Waals surface area contributed by atoms with E-state index in [1.165, 1.54) is 0 Å². The molecule has 2 N–H and O–H groups in total. The second-order valence-electron chi connectivity index (χ2n) is 5.77. The summed E-state index contributed by atoms with van der Waals surface area (Å²) in [6, 6.07) is 6.08. The molecule has 1 atom stereocenters. The number of nitrogens with zero attached hydrogens (tertiary/aromatic N) is 2. The Kier molecular flexibility index (Phi) is 3.55. The quantitative estimate of drug-likeness (QED) is 0.896. The lowest BCUT2D eigenvalue weighted by Crippen LogP contribution is -2.48. The van der Waals surface area contributed by atoms with Crippen LogP contribution in [0.5, 0.6) is 0 Å². The number of benzene rings is 1. The highest BCUT2D eigenvalue weighted by Gasteiger charge is 2.28. The third-order valence-corrected chi connectivity index (χ3v) is 3.96. The zero-order valence-corrected chi connectivity index (χ0v) is 12.5. The zero-order valence-electron chi connectivity index (χ0n) is 12.5. The van der Waals surface area contributed by atoms with E-state index in [0.717, 1.165) is 24.3 Å². The molecule has 1 aromatic heterocycles. The van der Waals surface area contributed by atoms with Crippen LogP contribution in [0.15, 0.2) is 22.6 Å². The van der Waals surface area contributed by atoms with Crippen molar-refractivity contribution >= 4 is 28.7 Å². The highest BCUT2D eigenvalue weighted by Crippen LogP contribution is 2.24. The van der Waals surface area contributed by atoms with Crippen molar-refractivity contribution in [3.05, 3.63) is 18.2 Å². The lowest BCUT2D eigenvalue weighted by Gasteiger charge is -2.31. The first-order chi connectivity index (χ1) is 10.0. The summed E-state index contributed by atoms with van der Waals surface area (Å²) in [5, 5.41) is 6.15. The average Bonchev–Trinajstić information content (AvgIpc) is 2.79. The van der Waals surface area contributed by atoms with Crippen LogP contribution in [0.2, 0.25) is 0 Å². The molecule has 0 bridgehead atoms. The maximum Gasteiger partial charge on any atom is 0.297 e. The summed E-state index contributed by atoms with van der Waals surface area (Å²) < 4.78 is 5.60. The standard InChI is InChI=1S/C15H20N4O2/c1-9(10-7-16-8-10)14(20)17-11-4-5-13-12(6-11)18-15(21-13)19(2)3/h4-6,9-10,16H,7-8H2,1-3H3,(H,17,20). The van der Waals surface area contributed by atoms with Crippen molar-refractivity contribution < 1.29 is 9.21 Å². The lowest BCUT2D eigenvalue weighted by atomic mass is 9.88. The summed E-state index contributed by atoms with van der Waals surface area (Å²) in [6.07, 6.45) is 0. The molecule has 2 aromatic rings. The van der Waals surface area contributed by atoms with Crippen molar-refractivity contribution in [2.75, 3.05) is 37.4 Å². The molecule has 112 valence electrons. The number of carbonyl (C=O) groups is 1. The number of aromatic nitrogens is 1. The second-order valence-corrected chi connectivity index (χ2v) is 5.77. The predicted molar refractivity (Wildman–Crippen MR) is 82.5 cm³/mol. The molecule has 21 heavy (non-hydrogen) atoms. The Balaban J connectivity index is 1.75. The summed E-state index contributed by atoms with van der Waals surface area (Å²) in [6.45, 7) is 3.81. The van der Waals surface area contributed by atoms with Crippen molar-refractivity contribution in [1.82, 2.24) is 10.3 Å². The van der Waals surface area contributed by atoms with Gasteiger partial charge in [-0.1, -0.05) is 6.92 Å². The summed E-state index contributed by atoms with van der Waals surface area (Å²) in [5.74, 6) is 0.495. The van der Waals surface area contributed by atoms with Crippen molar-refractivity contribution in [1.29, 1.82) is 0 Å². The molecule has 1 aliphatic rings. The molecule has 1 aromatic carbocycles. The number of oxazole rings is 1. The summed E-state index contributed by atoms with van der Waals surface area (Å²) in [4.78, 5) is 18.4. The highest BCUT2D eigenvalue weighted by atomic mass is 16.4. The van der Waals surface area contributed by atoms with Crippen molar-refractivity contribution in [3.8, 4) is 0 Å². The number of hydrogen-bond acceptors (Lipinski definition) is 5. The number of carbonyl (C=O) groups excluding carboxylic acids is 1. The molecule has 0 aliphatic carbocycles. The Hall–Kier alpha value is -2.08. The Morgan fingerprint density at radius 2 is 2.24 bits per heavy atom. The Bertz CT molecular complexity index is 661. The second kappa shape index (κ2) is 5.37. The third-order valence-electron chi connectivity index (χ3n) is 3.96. The van der Waals surface area contributed by atoms with Gasteiger partial charge in [0, 0.05) is 25.7 Å². The smallest absolute Gasteiger partial charge is 0.297 e. The topological polar surface area (TPSA) is 70.4 Å². The van der Waals surface area contributed by atoms with Gasteiger partial charge in [-0.15, -0.1) is 0 Å².